The van der Waals surface area contributed by atoms with Gasteiger partial charge < -0.3 is 19.5 Å². The molecule has 6 nitrogen and oxygen atoms in total. The summed E-state index contributed by atoms with van der Waals surface area (Å²) in [5, 5.41) is 2.59. The number of rotatable bonds is 5. The maximum atomic E-state index is 13.9. The fourth-order valence-electron chi connectivity index (χ4n) is 3.10. The number of nitrogens with one attached hydrogen (secondary N) is 1. The van der Waals surface area contributed by atoms with Gasteiger partial charge in [-0.05, 0) is 18.2 Å². The fourth-order valence-corrected chi connectivity index (χ4v) is 3.10. The van der Waals surface area contributed by atoms with Crippen molar-refractivity contribution in [2.75, 3.05) is 20.4 Å². The average Bonchev–Trinajstić information content (AvgIpc) is 3.01. The largest absolute Gasteiger partial charge is 0.466 e. The Balaban J connectivity index is 2.26. The number of benzene rings is 1. The molecule has 1 N–H and O–H groups in total. The summed E-state index contributed by atoms with van der Waals surface area (Å²) in [6.07, 6.45) is 0. The van der Waals surface area contributed by atoms with Gasteiger partial charge in [0.25, 0.3) is 0 Å². The summed E-state index contributed by atoms with van der Waals surface area (Å²) in [4.78, 5) is 24.5. The number of alkyl halides is 3. The highest BCUT2D eigenvalue weighted by Crippen LogP contribution is 2.45. The zero-order valence-electron chi connectivity index (χ0n) is 13.9. The molecular formula is C17H13F4NO5. The summed E-state index contributed by atoms with van der Waals surface area (Å²) >= 11 is 0. The molecule has 144 valence electrons. The lowest BCUT2D eigenvalue weighted by Gasteiger charge is -2.28. The number of hydrogen-bond donors (Lipinski definition) is 1. The van der Waals surface area contributed by atoms with Crippen LogP contribution in [0.25, 0.3) is 0 Å². The zero-order chi connectivity index (χ0) is 19.7. The predicted octanol–water partition coefficient (Wildman–Crippen LogP) is 2.32. The molecule has 0 amide bonds. The van der Waals surface area contributed by atoms with E-state index in [4.69, 9.17) is 4.74 Å². The van der Waals surface area contributed by atoms with Gasteiger partial charge in [-0.2, -0.15) is 8.78 Å². The Bertz CT molecular complexity index is 865. The smallest absolute Gasteiger partial charge is 0.387 e. The molecule has 0 bridgehead atoms. The van der Waals surface area contributed by atoms with Gasteiger partial charge in [0, 0.05) is 5.56 Å². The first-order valence-electron chi connectivity index (χ1n) is 7.66. The third-order valence-electron chi connectivity index (χ3n) is 4.13. The van der Waals surface area contributed by atoms with E-state index < -0.39 is 42.7 Å². The number of halogens is 4. The lowest BCUT2D eigenvalue weighted by Crippen LogP contribution is -2.32. The molecule has 2 aliphatic heterocycles. The van der Waals surface area contributed by atoms with Crippen LogP contribution in [0.15, 0.2) is 40.7 Å². The van der Waals surface area contributed by atoms with Crippen LogP contribution in [-0.4, -0.2) is 38.9 Å². The SMILES string of the molecule is COC(=O)C1=C(CF)NC2=C(C(=O)OC2)[C@H]1c1cc(F)ccc1OC(F)F. The van der Waals surface area contributed by atoms with E-state index in [0.29, 0.717) is 0 Å². The Kier molecular flexibility index (Phi) is 5.06. The minimum absolute atomic E-state index is 0.127. The first-order chi connectivity index (χ1) is 12.9. The predicted molar refractivity (Wildman–Crippen MR) is 81.9 cm³/mol. The van der Waals surface area contributed by atoms with Gasteiger partial charge >= 0.3 is 18.6 Å². The van der Waals surface area contributed by atoms with Crippen molar-refractivity contribution in [3.8, 4) is 5.75 Å². The maximum absolute atomic E-state index is 13.9. The van der Waals surface area contributed by atoms with Gasteiger partial charge in [-0.3, -0.25) is 0 Å². The molecule has 0 aliphatic carbocycles. The fraction of sp³-hybridized carbons (Fsp3) is 0.294. The van der Waals surface area contributed by atoms with Gasteiger partial charge in [0.2, 0.25) is 0 Å². The molecule has 1 aromatic carbocycles. The van der Waals surface area contributed by atoms with Crippen LogP contribution in [0.4, 0.5) is 17.6 Å². The lowest BCUT2D eigenvalue weighted by atomic mass is 9.80. The summed E-state index contributed by atoms with van der Waals surface area (Å²) in [5.41, 5.74) is -0.831. The molecule has 0 saturated carbocycles. The highest BCUT2D eigenvalue weighted by Gasteiger charge is 2.44. The van der Waals surface area contributed by atoms with E-state index in [1.165, 1.54) is 0 Å². The molecular weight excluding hydrogens is 374 g/mol. The van der Waals surface area contributed by atoms with Crippen molar-refractivity contribution in [2.24, 2.45) is 0 Å². The first kappa shape index (κ1) is 18.7. The summed E-state index contributed by atoms with van der Waals surface area (Å²) in [5.74, 6) is -4.57. The van der Waals surface area contributed by atoms with Crippen LogP contribution in [0.1, 0.15) is 11.5 Å². The molecule has 0 radical (unpaired) electrons. The molecule has 1 aromatic rings. The molecule has 0 spiro atoms. The van der Waals surface area contributed by atoms with E-state index >= 15 is 0 Å². The summed E-state index contributed by atoms with van der Waals surface area (Å²) in [6.45, 7) is -4.62. The van der Waals surface area contributed by atoms with Crippen molar-refractivity contribution in [1.82, 2.24) is 5.32 Å². The van der Waals surface area contributed by atoms with E-state index in [2.05, 4.69) is 14.8 Å². The Morgan fingerprint density at radius 2 is 2.15 bits per heavy atom. The quantitative estimate of drug-likeness (QED) is 0.618. The van der Waals surface area contributed by atoms with Crippen LogP contribution in [0.2, 0.25) is 0 Å². The van der Waals surface area contributed by atoms with Crippen LogP contribution < -0.4 is 10.1 Å². The average molecular weight is 387 g/mol. The number of allylic oxidation sites excluding steroid dienone is 1. The van der Waals surface area contributed by atoms with Crippen molar-refractivity contribution in [3.63, 3.8) is 0 Å². The third-order valence-corrected chi connectivity index (χ3v) is 4.13. The molecule has 0 unspecified atom stereocenters. The topological polar surface area (TPSA) is 73.9 Å². The number of esters is 2. The second-order valence-electron chi connectivity index (χ2n) is 5.60. The lowest BCUT2D eigenvalue weighted by molar-refractivity contribution is -0.136. The van der Waals surface area contributed by atoms with Crippen molar-refractivity contribution >= 4 is 11.9 Å². The number of cyclic esters (lactones) is 1. The van der Waals surface area contributed by atoms with Gasteiger partial charge in [-0.15, -0.1) is 0 Å². The third kappa shape index (κ3) is 3.34. The van der Waals surface area contributed by atoms with Gasteiger partial charge in [0.05, 0.1) is 35.6 Å². The minimum atomic E-state index is -3.24. The summed E-state index contributed by atoms with van der Waals surface area (Å²) in [6, 6.07) is 2.65. The van der Waals surface area contributed by atoms with E-state index in [9.17, 15) is 27.2 Å². The number of ether oxygens (including phenoxy) is 3. The molecule has 10 heteroatoms. The zero-order valence-corrected chi connectivity index (χ0v) is 13.9. The number of dihydropyridines is 1. The minimum Gasteiger partial charge on any atom is -0.466 e. The first-order valence-corrected chi connectivity index (χ1v) is 7.66. The van der Waals surface area contributed by atoms with Crippen molar-refractivity contribution in [2.45, 2.75) is 12.5 Å². The summed E-state index contributed by atoms with van der Waals surface area (Å²) in [7, 11) is 1.03. The van der Waals surface area contributed by atoms with E-state index in [1.54, 1.807) is 0 Å². The van der Waals surface area contributed by atoms with Gasteiger partial charge in [0.15, 0.2) is 0 Å². The van der Waals surface area contributed by atoms with E-state index in [1.807, 2.05) is 0 Å². The molecule has 0 saturated heterocycles. The van der Waals surface area contributed by atoms with Crippen molar-refractivity contribution < 1.29 is 41.4 Å². The van der Waals surface area contributed by atoms with E-state index in [0.717, 1.165) is 25.3 Å². The maximum Gasteiger partial charge on any atom is 0.387 e. The number of carbonyl (C=O) groups excluding carboxylic acids is 2. The molecule has 0 aromatic heterocycles. The van der Waals surface area contributed by atoms with Crippen LogP contribution in [-0.2, 0) is 19.1 Å². The Hall–Kier alpha value is -3.04. The number of hydrogen-bond acceptors (Lipinski definition) is 6. The van der Waals surface area contributed by atoms with Crippen molar-refractivity contribution in [1.29, 1.82) is 0 Å². The van der Waals surface area contributed by atoms with Crippen LogP contribution >= 0.6 is 0 Å². The van der Waals surface area contributed by atoms with Crippen molar-refractivity contribution in [3.05, 3.63) is 52.1 Å². The van der Waals surface area contributed by atoms with Gasteiger partial charge in [0.1, 0.15) is 24.8 Å². The molecule has 2 aliphatic rings. The normalized spacial score (nSPS) is 19.0. The summed E-state index contributed by atoms with van der Waals surface area (Å²) < 4.78 is 66.9. The second-order valence-corrected chi connectivity index (χ2v) is 5.60. The highest BCUT2D eigenvalue weighted by atomic mass is 19.3. The van der Waals surface area contributed by atoms with E-state index in [-0.39, 0.29) is 34.7 Å². The van der Waals surface area contributed by atoms with Gasteiger partial charge in [-0.1, -0.05) is 0 Å². The van der Waals surface area contributed by atoms with Crippen LogP contribution in [0.3, 0.4) is 0 Å². The molecule has 0 fully saturated rings. The molecule has 27 heavy (non-hydrogen) atoms. The molecule has 3 rings (SSSR count). The highest BCUT2D eigenvalue weighted by molar-refractivity contribution is 6.01. The number of methoxy groups -OCH3 is 1. The monoisotopic (exact) mass is 387 g/mol. The Labute approximate surface area is 150 Å². The Morgan fingerprint density at radius 3 is 2.78 bits per heavy atom. The number of carbonyl (C=O) groups is 2. The van der Waals surface area contributed by atoms with Gasteiger partial charge in [-0.25, -0.2) is 18.4 Å². The van der Waals surface area contributed by atoms with Crippen LogP contribution in [0, 0.1) is 5.82 Å². The molecule has 2 heterocycles. The second kappa shape index (κ2) is 7.29. The van der Waals surface area contributed by atoms with Crippen LogP contribution in [0.5, 0.6) is 5.75 Å². The standard InChI is InChI=1S/C17H13F4NO5/c1-25-15(23)13-9(5-18)22-10-6-26-16(24)14(10)12(13)8-4-7(19)2-3-11(8)27-17(20)21/h2-4,12,17,22H,5-6H2,1H3/t12-/m0/s1. The Morgan fingerprint density at radius 1 is 1.41 bits per heavy atom. The molecule has 1 atom stereocenters.